The zero-order valence-electron chi connectivity index (χ0n) is 29.9. The number of amides is 3. The number of rotatable bonds is 19. The van der Waals surface area contributed by atoms with Gasteiger partial charge in [0.05, 0.1) is 11.4 Å². The van der Waals surface area contributed by atoms with Crippen LogP contribution in [-0.4, -0.2) is 110 Å². The van der Waals surface area contributed by atoms with Gasteiger partial charge in [0.15, 0.2) is 0 Å². The predicted octanol–water partition coefficient (Wildman–Crippen LogP) is 3.18. The Morgan fingerprint density at radius 3 is 1.21 bits per heavy atom. The molecule has 3 amide bonds. The molecule has 3 aromatic rings. The lowest BCUT2D eigenvalue weighted by molar-refractivity contribution is 0.0945. The number of hydrogen-bond acceptors (Lipinski definition) is 8. The molecule has 0 saturated heterocycles. The molecule has 0 saturated carbocycles. The smallest absolute Gasteiger partial charge is 0.251 e. The molecule has 0 bridgehead atoms. The van der Waals surface area contributed by atoms with Crippen LogP contribution >= 0.6 is 0 Å². The Morgan fingerprint density at radius 1 is 0.562 bits per heavy atom. The molecule has 2 heterocycles. The van der Waals surface area contributed by atoms with Gasteiger partial charge in [0, 0.05) is 81.4 Å². The minimum absolute atomic E-state index is 0.263. The Labute approximate surface area is 286 Å². The molecule has 260 valence electrons. The number of hydrogen-bond donors (Lipinski definition) is 3. The molecule has 48 heavy (non-hydrogen) atoms. The van der Waals surface area contributed by atoms with Gasteiger partial charge >= 0.3 is 0 Å². The summed E-state index contributed by atoms with van der Waals surface area (Å²) in [6.07, 6.45) is 4.96. The van der Waals surface area contributed by atoms with E-state index in [4.69, 9.17) is 0 Å². The van der Waals surface area contributed by atoms with Gasteiger partial charge in [0.1, 0.15) is 0 Å². The van der Waals surface area contributed by atoms with Crippen molar-refractivity contribution in [2.24, 2.45) is 0 Å². The number of nitrogens with one attached hydrogen (secondary N) is 3. The van der Waals surface area contributed by atoms with Crippen LogP contribution < -0.4 is 16.0 Å². The van der Waals surface area contributed by atoms with E-state index in [0.717, 1.165) is 11.4 Å². The van der Waals surface area contributed by atoms with E-state index in [1.807, 2.05) is 95.2 Å². The van der Waals surface area contributed by atoms with Gasteiger partial charge in [-0.25, -0.2) is 0 Å². The maximum absolute atomic E-state index is 14.2. The van der Waals surface area contributed by atoms with E-state index in [0.29, 0.717) is 105 Å². The van der Waals surface area contributed by atoms with Crippen LogP contribution in [0.1, 0.15) is 79.9 Å². The fourth-order valence-corrected chi connectivity index (χ4v) is 5.84. The molecule has 0 aliphatic heterocycles. The second kappa shape index (κ2) is 19.6. The molecule has 11 nitrogen and oxygen atoms in total. The highest BCUT2D eigenvalue weighted by molar-refractivity contribution is 6.10. The highest BCUT2D eigenvalue weighted by Crippen LogP contribution is 2.31. The lowest BCUT2D eigenvalue weighted by Gasteiger charge is -2.26. The van der Waals surface area contributed by atoms with E-state index < -0.39 is 0 Å². The van der Waals surface area contributed by atoms with Gasteiger partial charge < -0.3 is 25.8 Å². The van der Waals surface area contributed by atoms with Gasteiger partial charge in [-0.2, -0.15) is 0 Å². The largest absolute Gasteiger partial charge is 0.351 e. The molecule has 0 aliphatic carbocycles. The summed E-state index contributed by atoms with van der Waals surface area (Å²) in [6.45, 7) is 10.2. The van der Waals surface area contributed by atoms with Gasteiger partial charge in [-0.1, -0.05) is 32.9 Å². The Balaban J connectivity index is 1.99. The van der Waals surface area contributed by atoms with Crippen molar-refractivity contribution in [2.75, 3.05) is 67.5 Å². The standard InChI is InChI=1S/C37H54N8O3/c1-8-29-32(35(46)40-19-22-43(4)5)30(9-2)34(31(10-3)33(29)36(47)41-20-23-44(6)7)37(48)42-21-24-45(25-27-15-11-13-17-38-27)26-28-16-12-14-18-39-28/h11-18H,8-10,19-26H2,1-7H3,(H,40,46)(H,41,47)(H,42,48). The lowest BCUT2D eigenvalue weighted by Crippen LogP contribution is -2.38. The maximum atomic E-state index is 14.2. The zero-order chi connectivity index (χ0) is 35.1. The van der Waals surface area contributed by atoms with Crippen LogP contribution in [0.3, 0.4) is 0 Å². The number of carbonyl (C=O) groups excluding carboxylic acids is 3. The topological polar surface area (TPSA) is 123 Å². The van der Waals surface area contributed by atoms with Crippen molar-refractivity contribution in [3.8, 4) is 0 Å². The average molecular weight is 659 g/mol. The normalized spacial score (nSPS) is 11.3. The summed E-state index contributed by atoms with van der Waals surface area (Å²) in [5.41, 5.74) is 5.17. The third-order valence-electron chi connectivity index (χ3n) is 8.18. The van der Waals surface area contributed by atoms with Crippen molar-refractivity contribution in [2.45, 2.75) is 53.1 Å². The van der Waals surface area contributed by atoms with Gasteiger partial charge in [-0.3, -0.25) is 29.3 Å². The van der Waals surface area contributed by atoms with Crippen molar-refractivity contribution < 1.29 is 14.4 Å². The molecule has 0 fully saturated rings. The maximum Gasteiger partial charge on any atom is 0.251 e. The Hall–Kier alpha value is -4.19. The van der Waals surface area contributed by atoms with Crippen molar-refractivity contribution in [1.82, 2.24) is 40.6 Å². The fourth-order valence-electron chi connectivity index (χ4n) is 5.84. The molecule has 1 aromatic carbocycles. The molecule has 0 radical (unpaired) electrons. The molecular weight excluding hydrogens is 604 g/mol. The average Bonchev–Trinajstić information content (AvgIpc) is 3.07. The third-order valence-corrected chi connectivity index (χ3v) is 8.18. The van der Waals surface area contributed by atoms with Crippen LogP contribution in [-0.2, 0) is 32.4 Å². The van der Waals surface area contributed by atoms with E-state index in [9.17, 15) is 14.4 Å². The van der Waals surface area contributed by atoms with Crippen molar-refractivity contribution >= 4 is 17.7 Å². The fraction of sp³-hybridized carbons (Fsp3) is 0.486. The molecule has 0 unspecified atom stereocenters. The lowest BCUT2D eigenvalue weighted by atomic mass is 9.82. The first-order chi connectivity index (χ1) is 23.1. The second-order valence-corrected chi connectivity index (χ2v) is 12.3. The van der Waals surface area contributed by atoms with Gasteiger partial charge in [-0.15, -0.1) is 0 Å². The van der Waals surface area contributed by atoms with Gasteiger partial charge in [-0.05, 0) is 88.4 Å². The molecule has 3 rings (SSSR count). The summed E-state index contributed by atoms with van der Waals surface area (Å²) in [6, 6.07) is 11.7. The van der Waals surface area contributed by atoms with Crippen molar-refractivity contribution in [3.63, 3.8) is 0 Å². The highest BCUT2D eigenvalue weighted by atomic mass is 16.2. The van der Waals surface area contributed by atoms with Crippen LogP contribution in [0.15, 0.2) is 48.8 Å². The zero-order valence-corrected chi connectivity index (χ0v) is 29.9. The Morgan fingerprint density at radius 2 is 0.917 bits per heavy atom. The molecule has 0 aliphatic rings. The van der Waals surface area contributed by atoms with Crippen LogP contribution in [0.2, 0.25) is 0 Å². The number of nitrogens with zero attached hydrogens (tertiary/aromatic N) is 5. The number of likely N-dealkylation sites (N-methyl/N-ethyl adjacent to an activating group) is 2. The van der Waals surface area contributed by atoms with Crippen LogP contribution in [0.4, 0.5) is 0 Å². The third kappa shape index (κ3) is 10.9. The molecule has 11 heteroatoms. The number of aromatic nitrogens is 2. The summed E-state index contributed by atoms with van der Waals surface area (Å²) in [5.74, 6) is -0.811. The Kier molecular flexibility index (Phi) is 15.6. The summed E-state index contributed by atoms with van der Waals surface area (Å²) < 4.78 is 0. The quantitative estimate of drug-likeness (QED) is 0.180. The first-order valence-corrected chi connectivity index (χ1v) is 17.0. The molecule has 3 N–H and O–H groups in total. The first kappa shape index (κ1) is 38.3. The predicted molar refractivity (Wildman–Crippen MR) is 191 cm³/mol. The number of pyridine rings is 2. The minimum atomic E-state index is -0.286. The summed E-state index contributed by atoms with van der Waals surface area (Å²) in [7, 11) is 7.79. The number of carbonyl (C=O) groups is 3. The van der Waals surface area contributed by atoms with Crippen LogP contribution in [0.25, 0.3) is 0 Å². The molecular formula is C37H54N8O3. The summed E-state index contributed by atoms with van der Waals surface area (Å²) in [4.78, 5) is 57.1. The van der Waals surface area contributed by atoms with Crippen LogP contribution in [0.5, 0.6) is 0 Å². The van der Waals surface area contributed by atoms with E-state index in [1.54, 1.807) is 12.4 Å². The monoisotopic (exact) mass is 658 g/mol. The highest BCUT2D eigenvalue weighted by Gasteiger charge is 2.31. The Bertz CT molecular complexity index is 1380. The molecule has 0 spiro atoms. The molecule has 2 aromatic heterocycles. The van der Waals surface area contributed by atoms with Gasteiger partial charge in [0.25, 0.3) is 17.7 Å². The van der Waals surface area contributed by atoms with Crippen LogP contribution in [0, 0.1) is 0 Å². The first-order valence-electron chi connectivity index (χ1n) is 17.0. The van der Waals surface area contributed by atoms with E-state index in [-0.39, 0.29) is 17.7 Å². The van der Waals surface area contributed by atoms with Crippen molar-refractivity contribution in [3.05, 3.63) is 93.6 Å². The SMILES string of the molecule is CCc1c(C(=O)NCCN(C)C)c(CC)c(C(=O)NCCN(Cc2ccccn2)Cc2ccccn2)c(CC)c1C(=O)NCCN(C)C. The second-order valence-electron chi connectivity index (χ2n) is 12.3. The summed E-state index contributed by atoms with van der Waals surface area (Å²) in [5, 5.41) is 9.22. The van der Waals surface area contributed by atoms with E-state index >= 15 is 0 Å². The minimum Gasteiger partial charge on any atom is -0.351 e. The van der Waals surface area contributed by atoms with Gasteiger partial charge in [0.2, 0.25) is 0 Å². The molecule has 0 atom stereocenters. The summed E-state index contributed by atoms with van der Waals surface area (Å²) >= 11 is 0. The number of benzene rings is 1. The van der Waals surface area contributed by atoms with Crippen molar-refractivity contribution in [1.29, 1.82) is 0 Å². The van der Waals surface area contributed by atoms with E-state index in [1.165, 1.54) is 0 Å². The van der Waals surface area contributed by atoms with E-state index in [2.05, 4.69) is 30.8 Å².